The van der Waals surface area contributed by atoms with Crippen molar-refractivity contribution in [3.63, 3.8) is 0 Å². The molecule has 2 aromatic rings. The Morgan fingerprint density at radius 2 is 1.61 bits per heavy atom. The van der Waals surface area contributed by atoms with Gasteiger partial charge in [-0.25, -0.2) is 8.78 Å². The number of nitrogens with one attached hydrogen (secondary N) is 1. The molecule has 1 saturated carbocycles. The molecular weight excluding hydrogens is 384 g/mol. The summed E-state index contributed by atoms with van der Waals surface area (Å²) < 4.78 is 27.2. The first-order valence-corrected chi connectivity index (χ1v) is 9.60. The molecule has 0 saturated heterocycles. The van der Waals surface area contributed by atoms with Gasteiger partial charge >= 0.3 is 0 Å². The Balaban J connectivity index is 1.76. The van der Waals surface area contributed by atoms with Gasteiger partial charge in [-0.3, -0.25) is 4.79 Å². The van der Waals surface area contributed by atoms with E-state index in [-0.39, 0.29) is 37.0 Å². The van der Waals surface area contributed by atoms with Gasteiger partial charge in [0.1, 0.15) is 5.76 Å². The normalized spacial score (nSPS) is 20.5. The quantitative estimate of drug-likeness (QED) is 0.679. The van der Waals surface area contributed by atoms with Crippen LogP contribution in [-0.4, -0.2) is 22.5 Å². The van der Waals surface area contributed by atoms with Crippen LogP contribution in [0.15, 0.2) is 48.2 Å². The molecule has 28 heavy (non-hydrogen) atoms. The summed E-state index contributed by atoms with van der Waals surface area (Å²) in [5.41, 5.74) is 2.28. The van der Waals surface area contributed by atoms with Crippen molar-refractivity contribution in [2.45, 2.75) is 44.1 Å². The van der Waals surface area contributed by atoms with E-state index in [4.69, 9.17) is 11.6 Å². The van der Waals surface area contributed by atoms with Crippen molar-refractivity contribution in [3.8, 4) is 11.1 Å². The Kier molecular flexibility index (Phi) is 4.46. The first-order chi connectivity index (χ1) is 13.2. The maximum Gasteiger partial charge on any atom is 0.256 e. The second-order valence-corrected chi connectivity index (χ2v) is 8.08. The zero-order valence-electron chi connectivity index (χ0n) is 15.4. The Morgan fingerprint density at radius 3 is 2.25 bits per heavy atom. The third-order valence-corrected chi connectivity index (χ3v) is 6.06. The van der Waals surface area contributed by atoms with Gasteiger partial charge in [0.2, 0.25) is 5.92 Å². The van der Waals surface area contributed by atoms with E-state index in [0.717, 1.165) is 16.7 Å². The number of hydrogen-bond donors (Lipinski definition) is 2. The standard InChI is InChI=1S/C22H20ClF2NO2/c1-13-2-4-14(5-3-13)15-6-7-17(23)16(12-15)18-19(27)21(26-20(18)28)8-10-22(24,25)11-9-21/h2-7,12,27H,8-11H2,1H3,(H,26,28). The molecule has 0 aromatic heterocycles. The highest BCUT2D eigenvalue weighted by atomic mass is 35.5. The van der Waals surface area contributed by atoms with Gasteiger partial charge in [0.05, 0.1) is 11.1 Å². The molecule has 1 aliphatic heterocycles. The molecule has 6 heteroatoms. The summed E-state index contributed by atoms with van der Waals surface area (Å²) in [6.45, 7) is 2.00. The van der Waals surface area contributed by atoms with E-state index in [1.54, 1.807) is 12.1 Å². The number of aliphatic hydroxyl groups is 1. The van der Waals surface area contributed by atoms with E-state index < -0.39 is 17.4 Å². The van der Waals surface area contributed by atoms with Crippen LogP contribution in [0.1, 0.15) is 36.8 Å². The Hall–Kier alpha value is -2.40. The molecule has 3 nitrogen and oxygen atoms in total. The molecule has 2 aliphatic rings. The lowest BCUT2D eigenvalue weighted by Gasteiger charge is -2.36. The lowest BCUT2D eigenvalue weighted by atomic mass is 9.79. The van der Waals surface area contributed by atoms with E-state index in [1.807, 2.05) is 37.3 Å². The van der Waals surface area contributed by atoms with Crippen molar-refractivity contribution >= 4 is 23.1 Å². The predicted molar refractivity (Wildman–Crippen MR) is 105 cm³/mol. The van der Waals surface area contributed by atoms with Crippen molar-refractivity contribution in [3.05, 3.63) is 64.4 Å². The molecule has 4 rings (SSSR count). The number of rotatable bonds is 2. The van der Waals surface area contributed by atoms with Crippen LogP contribution in [0.4, 0.5) is 8.78 Å². The zero-order chi connectivity index (χ0) is 20.1. The monoisotopic (exact) mass is 403 g/mol. The van der Waals surface area contributed by atoms with Crippen LogP contribution >= 0.6 is 11.6 Å². The van der Waals surface area contributed by atoms with Gasteiger partial charge in [0, 0.05) is 23.4 Å². The van der Waals surface area contributed by atoms with E-state index in [9.17, 15) is 18.7 Å². The van der Waals surface area contributed by atoms with Crippen molar-refractivity contribution in [2.75, 3.05) is 0 Å². The van der Waals surface area contributed by atoms with Crippen LogP contribution in [0.25, 0.3) is 16.7 Å². The van der Waals surface area contributed by atoms with Gasteiger partial charge in [-0.2, -0.15) is 0 Å². The summed E-state index contributed by atoms with van der Waals surface area (Å²) in [6, 6.07) is 13.2. The van der Waals surface area contributed by atoms with Gasteiger partial charge in [-0.15, -0.1) is 0 Å². The molecule has 146 valence electrons. The van der Waals surface area contributed by atoms with Crippen LogP contribution in [0.5, 0.6) is 0 Å². The molecule has 1 spiro atoms. The number of benzene rings is 2. The molecule has 0 unspecified atom stereocenters. The maximum atomic E-state index is 13.6. The summed E-state index contributed by atoms with van der Waals surface area (Å²) in [7, 11) is 0. The van der Waals surface area contributed by atoms with Gasteiger partial charge in [0.25, 0.3) is 5.91 Å². The first-order valence-electron chi connectivity index (χ1n) is 9.22. The SMILES string of the molecule is Cc1ccc(-c2ccc(Cl)c(C3=C(O)C4(CCC(F)(F)CC4)NC3=O)c2)cc1. The van der Waals surface area contributed by atoms with Crippen LogP contribution in [0.3, 0.4) is 0 Å². The molecule has 1 heterocycles. The summed E-state index contributed by atoms with van der Waals surface area (Å²) >= 11 is 6.35. The molecule has 2 aromatic carbocycles. The third kappa shape index (κ3) is 3.18. The molecule has 0 atom stereocenters. The fourth-order valence-corrected chi connectivity index (χ4v) is 4.19. The fourth-order valence-electron chi connectivity index (χ4n) is 3.98. The van der Waals surface area contributed by atoms with Gasteiger partial charge < -0.3 is 10.4 Å². The number of hydrogen-bond acceptors (Lipinski definition) is 2. The topological polar surface area (TPSA) is 49.3 Å². The minimum atomic E-state index is -2.76. The molecule has 1 fully saturated rings. The number of halogens is 3. The summed E-state index contributed by atoms with van der Waals surface area (Å²) in [6.07, 6.45) is -0.754. The molecule has 1 amide bonds. The Bertz CT molecular complexity index is 973. The number of alkyl halides is 2. The molecule has 0 bridgehead atoms. The molecule has 2 N–H and O–H groups in total. The smallest absolute Gasteiger partial charge is 0.256 e. The summed E-state index contributed by atoms with van der Waals surface area (Å²) in [4.78, 5) is 12.7. The summed E-state index contributed by atoms with van der Waals surface area (Å²) in [5.74, 6) is -3.43. The lowest BCUT2D eigenvalue weighted by Crippen LogP contribution is -2.49. The highest BCUT2D eigenvalue weighted by Crippen LogP contribution is 2.46. The van der Waals surface area contributed by atoms with Crippen molar-refractivity contribution in [1.29, 1.82) is 0 Å². The van der Waals surface area contributed by atoms with E-state index in [0.29, 0.717) is 10.6 Å². The molecule has 1 aliphatic carbocycles. The fraction of sp³-hybridized carbons (Fsp3) is 0.318. The Morgan fingerprint density at radius 1 is 1.00 bits per heavy atom. The maximum absolute atomic E-state index is 13.6. The number of amides is 1. The second kappa shape index (κ2) is 6.59. The number of carbonyl (C=O) groups is 1. The number of carbonyl (C=O) groups excluding carboxylic acids is 1. The van der Waals surface area contributed by atoms with Crippen LogP contribution in [-0.2, 0) is 4.79 Å². The van der Waals surface area contributed by atoms with Gasteiger partial charge in [-0.05, 0) is 43.0 Å². The predicted octanol–water partition coefficient (Wildman–Crippen LogP) is 5.66. The van der Waals surface area contributed by atoms with Crippen molar-refractivity contribution in [1.82, 2.24) is 5.32 Å². The van der Waals surface area contributed by atoms with Crippen LogP contribution in [0.2, 0.25) is 5.02 Å². The highest BCUT2D eigenvalue weighted by Gasteiger charge is 2.52. The molecular formula is C22H20ClF2NO2. The van der Waals surface area contributed by atoms with E-state index >= 15 is 0 Å². The number of aliphatic hydroxyl groups excluding tert-OH is 1. The Labute approximate surface area is 167 Å². The minimum absolute atomic E-state index is 0.00363. The van der Waals surface area contributed by atoms with Crippen LogP contribution in [0, 0.1) is 6.92 Å². The highest BCUT2D eigenvalue weighted by molar-refractivity contribution is 6.35. The van der Waals surface area contributed by atoms with Gasteiger partial charge in [0.15, 0.2) is 0 Å². The minimum Gasteiger partial charge on any atom is -0.509 e. The number of aryl methyl sites for hydroxylation is 1. The molecule has 0 radical (unpaired) electrons. The lowest BCUT2D eigenvalue weighted by molar-refractivity contribution is -0.117. The van der Waals surface area contributed by atoms with Gasteiger partial charge in [-0.1, -0.05) is 47.5 Å². The summed E-state index contributed by atoms with van der Waals surface area (Å²) in [5, 5.41) is 13.9. The van der Waals surface area contributed by atoms with E-state index in [2.05, 4.69) is 5.32 Å². The first kappa shape index (κ1) is 18.9. The average Bonchev–Trinajstić information content (AvgIpc) is 2.90. The van der Waals surface area contributed by atoms with Crippen molar-refractivity contribution < 1.29 is 18.7 Å². The zero-order valence-corrected chi connectivity index (χ0v) is 16.1. The average molecular weight is 404 g/mol. The van der Waals surface area contributed by atoms with Crippen molar-refractivity contribution in [2.24, 2.45) is 0 Å². The largest absolute Gasteiger partial charge is 0.509 e. The van der Waals surface area contributed by atoms with Crippen LogP contribution < -0.4 is 5.32 Å². The second-order valence-electron chi connectivity index (χ2n) is 7.68. The third-order valence-electron chi connectivity index (χ3n) is 5.73. The van der Waals surface area contributed by atoms with E-state index in [1.165, 1.54) is 0 Å².